The van der Waals surface area contributed by atoms with Gasteiger partial charge in [-0.2, -0.15) is 19.7 Å². The minimum Gasteiger partial charge on any atom is -0.492 e. The van der Waals surface area contributed by atoms with Gasteiger partial charge in [-0.3, -0.25) is 9.69 Å². The molecule has 13 nitrogen and oxygen atoms in total. The Morgan fingerprint density at radius 3 is 2.76 bits per heavy atom. The largest absolute Gasteiger partial charge is 0.492 e. The van der Waals surface area contributed by atoms with Crippen molar-refractivity contribution in [2.24, 2.45) is 5.73 Å². The smallest absolute Gasteiger partial charge is 0.231 e. The predicted molar refractivity (Wildman–Crippen MR) is 151 cm³/mol. The highest BCUT2D eigenvalue weighted by molar-refractivity contribution is 5.93. The average Bonchev–Trinajstić information content (AvgIpc) is 3.72. The number of nitrogens with one attached hydrogen (secondary N) is 1. The molecule has 0 saturated carbocycles. The number of amides is 1. The molecule has 14 heteroatoms. The molecule has 0 bridgehead atoms. The van der Waals surface area contributed by atoms with Crippen LogP contribution in [0.25, 0.3) is 28.0 Å². The van der Waals surface area contributed by atoms with Gasteiger partial charge in [0.2, 0.25) is 11.9 Å². The molecule has 0 spiro atoms. The molecule has 1 saturated heterocycles. The molecule has 214 valence electrons. The molecule has 5 heterocycles. The number of primary amides is 1. The van der Waals surface area contributed by atoms with Crippen molar-refractivity contribution in [3.05, 3.63) is 54.7 Å². The van der Waals surface area contributed by atoms with Crippen LogP contribution in [-0.2, 0) is 11.3 Å². The molecule has 1 aliphatic heterocycles. The van der Waals surface area contributed by atoms with Crippen molar-refractivity contribution >= 4 is 34.1 Å². The Hall–Kier alpha value is -4.69. The summed E-state index contributed by atoms with van der Waals surface area (Å²) in [5, 5.41) is 12.8. The zero-order chi connectivity index (χ0) is 28.3. The van der Waals surface area contributed by atoms with Gasteiger partial charge in [0, 0.05) is 45.3 Å². The van der Waals surface area contributed by atoms with E-state index in [4.69, 9.17) is 20.6 Å². The summed E-state index contributed by atoms with van der Waals surface area (Å²) in [7, 11) is 0. The maximum atomic E-state index is 14.9. The minimum atomic E-state index is -0.436. The molecule has 1 aromatic carbocycles. The van der Waals surface area contributed by atoms with Crippen LogP contribution in [0.15, 0.2) is 53.3 Å². The van der Waals surface area contributed by atoms with Gasteiger partial charge in [-0.25, -0.2) is 9.07 Å². The van der Waals surface area contributed by atoms with Crippen molar-refractivity contribution in [1.82, 2.24) is 34.6 Å². The summed E-state index contributed by atoms with van der Waals surface area (Å²) in [6.07, 6.45) is 3.39. The van der Waals surface area contributed by atoms with E-state index >= 15 is 0 Å². The monoisotopic (exact) mass is 562 g/mol. The summed E-state index contributed by atoms with van der Waals surface area (Å²) >= 11 is 0. The number of benzene rings is 1. The lowest BCUT2D eigenvalue weighted by Gasteiger charge is -2.36. The molecule has 0 aliphatic carbocycles. The number of nitrogens with zero attached hydrogens (tertiary/aromatic N) is 7. The zero-order valence-electron chi connectivity index (χ0n) is 22.4. The topological polar surface area (TPSA) is 158 Å². The lowest BCUT2D eigenvalue weighted by molar-refractivity contribution is -0.117. The fraction of sp³-hybridized carbons (Fsp3) is 0.333. The second kappa shape index (κ2) is 11.4. The number of ether oxygens (including phenoxy) is 1. The minimum absolute atomic E-state index is 0.0791. The van der Waals surface area contributed by atoms with E-state index < -0.39 is 5.91 Å². The van der Waals surface area contributed by atoms with Gasteiger partial charge in [0.25, 0.3) is 0 Å². The van der Waals surface area contributed by atoms with E-state index in [1.807, 2.05) is 27.8 Å². The number of carbonyl (C=O) groups is 1. The van der Waals surface area contributed by atoms with Crippen molar-refractivity contribution < 1.29 is 18.3 Å². The van der Waals surface area contributed by atoms with E-state index in [0.717, 1.165) is 30.5 Å². The quantitative estimate of drug-likeness (QED) is 0.201. The standard InChI is InChI=1S/C27H31FN10O3/c28-20-14-18(40-13-5-31-17-25(29)39)3-4-22(20)36-9-6-35(7-10-36)8-11-37-26-19(16-32-37)23-15-21(24-2-1-12-41-24)34-38(23)27(30)33-26/h1-4,12,14-16,31H,5-11,13,17H2,(H2,29,39)(H2,30,33). The van der Waals surface area contributed by atoms with Crippen LogP contribution >= 0.6 is 0 Å². The third-order valence-electron chi connectivity index (χ3n) is 7.11. The van der Waals surface area contributed by atoms with Crippen molar-refractivity contribution in [3.8, 4) is 17.2 Å². The van der Waals surface area contributed by atoms with Crippen LogP contribution in [0, 0.1) is 5.82 Å². The Morgan fingerprint density at radius 2 is 2.00 bits per heavy atom. The third kappa shape index (κ3) is 5.64. The Balaban J connectivity index is 1.04. The highest BCUT2D eigenvalue weighted by Gasteiger charge is 2.21. The van der Waals surface area contributed by atoms with Gasteiger partial charge in [0.15, 0.2) is 11.4 Å². The van der Waals surface area contributed by atoms with E-state index in [0.29, 0.717) is 61.3 Å². The highest BCUT2D eigenvalue weighted by atomic mass is 19.1. The van der Waals surface area contributed by atoms with Crippen LogP contribution in [0.5, 0.6) is 5.75 Å². The van der Waals surface area contributed by atoms with Crippen LogP contribution in [-0.4, -0.2) is 87.6 Å². The molecule has 0 radical (unpaired) electrons. The van der Waals surface area contributed by atoms with Crippen LogP contribution in [0.1, 0.15) is 0 Å². The second-order valence-corrected chi connectivity index (χ2v) is 9.81. The summed E-state index contributed by atoms with van der Waals surface area (Å²) in [5.74, 6) is 0.613. The first-order chi connectivity index (χ1) is 20.0. The van der Waals surface area contributed by atoms with E-state index in [9.17, 15) is 9.18 Å². The van der Waals surface area contributed by atoms with Gasteiger partial charge < -0.3 is 30.8 Å². The average molecular weight is 563 g/mol. The summed E-state index contributed by atoms with van der Waals surface area (Å²) in [4.78, 5) is 19.7. The Bertz CT molecular complexity index is 1660. The number of fused-ring (bicyclic) bond motifs is 3. The highest BCUT2D eigenvalue weighted by Crippen LogP contribution is 2.27. The zero-order valence-corrected chi connectivity index (χ0v) is 22.4. The molecule has 6 rings (SSSR count). The fourth-order valence-electron chi connectivity index (χ4n) is 5.02. The number of rotatable bonds is 11. The number of nitrogens with two attached hydrogens (primary N) is 2. The first-order valence-corrected chi connectivity index (χ1v) is 13.4. The Morgan fingerprint density at radius 1 is 1.15 bits per heavy atom. The third-order valence-corrected chi connectivity index (χ3v) is 7.11. The van der Waals surface area contributed by atoms with Gasteiger partial charge in [0.05, 0.1) is 42.1 Å². The van der Waals surface area contributed by atoms with Crippen LogP contribution in [0.2, 0.25) is 0 Å². The first kappa shape index (κ1) is 26.5. The van der Waals surface area contributed by atoms with Gasteiger partial charge in [-0.05, 0) is 30.3 Å². The lowest BCUT2D eigenvalue weighted by atomic mass is 10.2. The van der Waals surface area contributed by atoms with E-state index in [-0.39, 0.29) is 18.3 Å². The van der Waals surface area contributed by atoms with Crippen molar-refractivity contribution in [3.63, 3.8) is 0 Å². The fourth-order valence-corrected chi connectivity index (χ4v) is 5.02. The summed E-state index contributed by atoms with van der Waals surface area (Å²) in [6, 6.07) is 10.5. The summed E-state index contributed by atoms with van der Waals surface area (Å²) < 4.78 is 29.4. The Kier molecular flexibility index (Phi) is 7.39. The normalized spacial score (nSPS) is 14.3. The molecule has 5 N–H and O–H groups in total. The van der Waals surface area contributed by atoms with Crippen LogP contribution < -0.4 is 26.4 Å². The van der Waals surface area contributed by atoms with Crippen molar-refractivity contribution in [1.29, 1.82) is 0 Å². The number of anilines is 2. The molecule has 1 fully saturated rings. The number of hydrogen-bond acceptors (Lipinski definition) is 10. The predicted octanol–water partition coefficient (Wildman–Crippen LogP) is 1.34. The molecule has 1 amide bonds. The first-order valence-electron chi connectivity index (χ1n) is 13.4. The van der Waals surface area contributed by atoms with Crippen LogP contribution in [0.3, 0.4) is 0 Å². The van der Waals surface area contributed by atoms with E-state index in [1.54, 1.807) is 29.1 Å². The van der Waals surface area contributed by atoms with Gasteiger partial charge in [-0.15, -0.1) is 0 Å². The molecule has 4 aromatic heterocycles. The molecular formula is C27H31FN10O3. The number of piperazine rings is 1. The number of furan rings is 1. The summed E-state index contributed by atoms with van der Waals surface area (Å²) in [6.45, 7) is 5.21. The Labute approximate surface area is 234 Å². The van der Waals surface area contributed by atoms with Crippen molar-refractivity contribution in [2.75, 3.05) is 63.1 Å². The number of nitrogen functional groups attached to an aromatic ring is 1. The maximum Gasteiger partial charge on any atom is 0.231 e. The van der Waals surface area contributed by atoms with Gasteiger partial charge in [-0.1, -0.05) is 0 Å². The van der Waals surface area contributed by atoms with Gasteiger partial charge in [0.1, 0.15) is 23.9 Å². The van der Waals surface area contributed by atoms with E-state index in [1.165, 1.54) is 6.07 Å². The maximum absolute atomic E-state index is 14.9. The summed E-state index contributed by atoms with van der Waals surface area (Å²) in [5.41, 5.74) is 14.1. The SMILES string of the molecule is NC(=O)CNCCOc1ccc(N2CCN(CCn3ncc4c3nc(N)n3nc(-c5ccco5)cc43)CC2)c(F)c1. The van der Waals surface area contributed by atoms with Crippen molar-refractivity contribution in [2.45, 2.75) is 6.54 Å². The molecule has 5 aromatic rings. The molecule has 0 unspecified atom stereocenters. The number of hydrogen-bond donors (Lipinski definition) is 3. The van der Waals surface area contributed by atoms with Crippen LogP contribution in [0.4, 0.5) is 16.0 Å². The molecule has 1 aliphatic rings. The molecular weight excluding hydrogens is 531 g/mol. The van der Waals surface area contributed by atoms with E-state index in [2.05, 4.69) is 25.4 Å². The lowest BCUT2D eigenvalue weighted by Crippen LogP contribution is -2.47. The second-order valence-electron chi connectivity index (χ2n) is 9.81. The molecule has 41 heavy (non-hydrogen) atoms. The number of halogens is 1. The van der Waals surface area contributed by atoms with Gasteiger partial charge >= 0.3 is 0 Å². The molecule has 0 atom stereocenters. The number of carbonyl (C=O) groups excluding carboxylic acids is 1. The number of aromatic nitrogens is 5.